The number of nitrogens with zero attached hydrogens (tertiary/aromatic N) is 2. The molecule has 2 aromatic heterocycles. The second kappa shape index (κ2) is 6.29. The van der Waals surface area contributed by atoms with E-state index in [1.54, 1.807) is 17.5 Å². The number of aryl methyl sites for hydroxylation is 1. The zero-order valence-corrected chi connectivity index (χ0v) is 13.9. The Labute approximate surface area is 135 Å². The summed E-state index contributed by atoms with van der Waals surface area (Å²) in [6, 6.07) is 2.14. The number of amides is 1. The summed E-state index contributed by atoms with van der Waals surface area (Å²) in [5.41, 5.74) is 8.25. The van der Waals surface area contributed by atoms with Gasteiger partial charge in [0, 0.05) is 13.1 Å². The average Bonchev–Trinajstić information content (AvgIpc) is 3.04. The minimum Gasteiger partial charge on any atom is -0.365 e. The molecule has 21 heavy (non-hydrogen) atoms. The Morgan fingerprint density at radius 1 is 1.62 bits per heavy atom. The molecule has 0 aliphatic carbocycles. The molecule has 2 aromatic rings. The third-order valence-electron chi connectivity index (χ3n) is 3.83. The van der Waals surface area contributed by atoms with Crippen molar-refractivity contribution in [3.05, 3.63) is 38.3 Å². The topological polar surface area (TPSA) is 72.9 Å². The van der Waals surface area contributed by atoms with Gasteiger partial charge in [0.1, 0.15) is 0 Å². The summed E-state index contributed by atoms with van der Waals surface area (Å²) in [5.74, 6) is 0.141. The second-order valence-electron chi connectivity index (χ2n) is 5.34. The third-order valence-corrected chi connectivity index (χ3v) is 5.38. The summed E-state index contributed by atoms with van der Waals surface area (Å²) < 4.78 is 3.07. The molecule has 0 bridgehead atoms. The molecule has 112 valence electrons. The van der Waals surface area contributed by atoms with Crippen molar-refractivity contribution in [2.45, 2.75) is 25.9 Å². The van der Waals surface area contributed by atoms with E-state index in [1.165, 1.54) is 5.56 Å². The zero-order valence-electron chi connectivity index (χ0n) is 11.5. The summed E-state index contributed by atoms with van der Waals surface area (Å²) in [7, 11) is 0. The lowest BCUT2D eigenvalue weighted by Gasteiger charge is -2.24. The number of fused-ring (bicyclic) bond motifs is 1. The van der Waals surface area contributed by atoms with Gasteiger partial charge in [-0.2, -0.15) is 5.10 Å². The summed E-state index contributed by atoms with van der Waals surface area (Å²) in [6.45, 7) is 2.68. The molecule has 0 aromatic carbocycles. The molecule has 0 spiro atoms. The van der Waals surface area contributed by atoms with Crippen molar-refractivity contribution < 1.29 is 4.79 Å². The van der Waals surface area contributed by atoms with E-state index in [0.717, 1.165) is 42.0 Å². The highest BCUT2D eigenvalue weighted by Gasteiger charge is 2.23. The lowest BCUT2D eigenvalue weighted by Crippen LogP contribution is -2.30. The minimum atomic E-state index is -0.381. The van der Waals surface area contributed by atoms with Crippen LogP contribution < -0.4 is 11.1 Å². The lowest BCUT2D eigenvalue weighted by molar-refractivity contribution is 0.0998. The molecule has 0 saturated carbocycles. The summed E-state index contributed by atoms with van der Waals surface area (Å²) in [4.78, 5) is 11.4. The smallest absolute Gasteiger partial charge is 0.252 e. The molecule has 5 nitrogen and oxygen atoms in total. The number of hydrogen-bond donors (Lipinski definition) is 2. The fraction of sp³-hybridized carbons (Fsp3) is 0.429. The first-order valence-electron chi connectivity index (χ1n) is 6.91. The molecular weight excluding hydrogens is 352 g/mol. The molecule has 7 heteroatoms. The maximum absolute atomic E-state index is 11.4. The van der Waals surface area contributed by atoms with Gasteiger partial charge in [0.2, 0.25) is 0 Å². The quantitative estimate of drug-likeness (QED) is 0.848. The number of nitrogens with two attached hydrogens (primary N) is 1. The molecule has 0 unspecified atom stereocenters. The van der Waals surface area contributed by atoms with E-state index >= 15 is 0 Å². The first-order chi connectivity index (χ1) is 10.1. The van der Waals surface area contributed by atoms with E-state index in [1.807, 2.05) is 4.68 Å². The van der Waals surface area contributed by atoms with Gasteiger partial charge in [-0.1, -0.05) is 0 Å². The normalized spacial score (nSPS) is 17.7. The van der Waals surface area contributed by atoms with Gasteiger partial charge >= 0.3 is 0 Å². The second-order valence-corrected chi connectivity index (χ2v) is 7.63. The third kappa shape index (κ3) is 3.36. The number of carbonyl (C=O) groups is 1. The van der Waals surface area contributed by atoms with Crippen LogP contribution >= 0.6 is 27.3 Å². The predicted octanol–water partition coefficient (Wildman–Crippen LogP) is 2.16. The molecule has 3 heterocycles. The fourth-order valence-electron chi connectivity index (χ4n) is 2.74. The number of primary amides is 1. The Bertz CT molecular complexity index is 651. The Balaban J connectivity index is 1.56. The van der Waals surface area contributed by atoms with Crippen LogP contribution in [0.3, 0.4) is 0 Å². The maximum atomic E-state index is 11.4. The summed E-state index contributed by atoms with van der Waals surface area (Å²) >= 11 is 5.17. The maximum Gasteiger partial charge on any atom is 0.252 e. The molecule has 0 fully saturated rings. The number of halogens is 1. The van der Waals surface area contributed by atoms with Crippen molar-refractivity contribution in [3.8, 4) is 0 Å². The highest BCUT2D eigenvalue weighted by Crippen LogP contribution is 2.23. The van der Waals surface area contributed by atoms with Crippen LogP contribution in [0.2, 0.25) is 0 Å². The Kier molecular flexibility index (Phi) is 4.42. The van der Waals surface area contributed by atoms with Crippen molar-refractivity contribution in [1.29, 1.82) is 0 Å². The number of rotatable bonds is 5. The molecule has 3 N–H and O–H groups in total. The van der Waals surface area contributed by atoms with E-state index in [2.05, 4.69) is 37.8 Å². The number of hydrogen-bond acceptors (Lipinski definition) is 4. The molecule has 1 amide bonds. The van der Waals surface area contributed by atoms with Crippen LogP contribution in [0.4, 0.5) is 0 Å². The van der Waals surface area contributed by atoms with Gasteiger partial charge < -0.3 is 11.1 Å². The number of aromatic nitrogens is 2. The summed E-state index contributed by atoms with van der Waals surface area (Å²) in [5, 5.41) is 9.88. The van der Waals surface area contributed by atoms with Crippen LogP contribution in [0.1, 0.15) is 28.0 Å². The van der Waals surface area contributed by atoms with Crippen LogP contribution in [0.25, 0.3) is 0 Å². The van der Waals surface area contributed by atoms with E-state index in [4.69, 9.17) is 5.73 Å². The average molecular weight is 369 g/mol. The van der Waals surface area contributed by atoms with Crippen LogP contribution in [0.15, 0.2) is 21.4 Å². The van der Waals surface area contributed by atoms with Gasteiger partial charge in [-0.05, 0) is 58.2 Å². The van der Waals surface area contributed by atoms with Gasteiger partial charge in [-0.15, -0.1) is 11.3 Å². The van der Waals surface area contributed by atoms with Gasteiger partial charge in [-0.3, -0.25) is 9.48 Å². The standard InChI is InChI=1S/C14H17BrN4OS/c15-13-4-10(8-21-13)6-17-5-9-1-2-19-12(3-9)11(7-18-19)14(16)20/h4,7-9,17H,1-3,5-6H2,(H2,16,20)/t9-/m1/s1. The monoisotopic (exact) mass is 368 g/mol. The van der Waals surface area contributed by atoms with Gasteiger partial charge in [0.25, 0.3) is 5.91 Å². The van der Waals surface area contributed by atoms with Crippen LogP contribution in [0.5, 0.6) is 0 Å². The van der Waals surface area contributed by atoms with E-state index < -0.39 is 0 Å². The van der Waals surface area contributed by atoms with Crippen LogP contribution in [-0.4, -0.2) is 22.2 Å². The van der Waals surface area contributed by atoms with Crippen molar-refractivity contribution >= 4 is 33.2 Å². The first-order valence-corrected chi connectivity index (χ1v) is 8.59. The van der Waals surface area contributed by atoms with E-state index in [9.17, 15) is 4.79 Å². The molecule has 0 saturated heterocycles. The van der Waals surface area contributed by atoms with Crippen molar-refractivity contribution in [2.75, 3.05) is 6.54 Å². The van der Waals surface area contributed by atoms with Crippen LogP contribution in [-0.2, 0) is 19.5 Å². The number of thiophene rings is 1. The Morgan fingerprint density at radius 3 is 3.19 bits per heavy atom. The molecular formula is C14H17BrN4OS. The van der Waals surface area contributed by atoms with Gasteiger partial charge in [0.15, 0.2) is 0 Å². The van der Waals surface area contributed by atoms with E-state index in [-0.39, 0.29) is 5.91 Å². The lowest BCUT2D eigenvalue weighted by atomic mass is 9.94. The largest absolute Gasteiger partial charge is 0.365 e. The summed E-state index contributed by atoms with van der Waals surface area (Å²) in [6.07, 6.45) is 3.53. The van der Waals surface area contributed by atoms with Crippen molar-refractivity contribution in [3.63, 3.8) is 0 Å². The van der Waals surface area contributed by atoms with Gasteiger partial charge in [-0.25, -0.2) is 0 Å². The van der Waals surface area contributed by atoms with E-state index in [0.29, 0.717) is 11.5 Å². The van der Waals surface area contributed by atoms with Crippen molar-refractivity contribution in [2.24, 2.45) is 11.7 Å². The first kappa shape index (κ1) is 14.7. The molecule has 3 rings (SSSR count). The highest BCUT2D eigenvalue weighted by atomic mass is 79.9. The molecule has 0 radical (unpaired) electrons. The molecule has 1 aliphatic heterocycles. The Hall–Kier alpha value is -1.18. The number of carbonyl (C=O) groups excluding carboxylic acids is 1. The van der Waals surface area contributed by atoms with Gasteiger partial charge in [0.05, 0.1) is 21.2 Å². The predicted molar refractivity (Wildman–Crippen MR) is 86.3 cm³/mol. The highest BCUT2D eigenvalue weighted by molar-refractivity contribution is 9.11. The van der Waals surface area contributed by atoms with Crippen LogP contribution in [0, 0.1) is 5.92 Å². The molecule has 1 aliphatic rings. The minimum absolute atomic E-state index is 0.381. The SMILES string of the molecule is NC(=O)c1cnn2c1C[C@H](CNCc1csc(Br)c1)CC2. The fourth-order valence-corrected chi connectivity index (χ4v) is 3.95. The number of nitrogens with one attached hydrogen (secondary N) is 1. The zero-order chi connectivity index (χ0) is 14.8. The van der Waals surface area contributed by atoms with Crippen molar-refractivity contribution in [1.82, 2.24) is 15.1 Å². The Morgan fingerprint density at radius 2 is 2.48 bits per heavy atom. The molecule has 1 atom stereocenters.